The Bertz CT molecular complexity index is 1450. The number of anilines is 2. The van der Waals surface area contributed by atoms with Crippen molar-refractivity contribution in [3.05, 3.63) is 58.2 Å². The summed E-state index contributed by atoms with van der Waals surface area (Å²) >= 11 is 1.68. The molecule has 37 heavy (non-hydrogen) atoms. The molecule has 0 unspecified atom stereocenters. The van der Waals surface area contributed by atoms with Gasteiger partial charge in [0.25, 0.3) is 5.91 Å². The van der Waals surface area contributed by atoms with Crippen LogP contribution in [-0.2, 0) is 24.1 Å². The molecule has 4 aromatic rings. The summed E-state index contributed by atoms with van der Waals surface area (Å²) in [6, 6.07) is 8.61. The average molecular weight is 518 g/mol. The molecule has 0 atom stereocenters. The number of hydrogen-bond donors (Lipinski definition) is 2. The second-order valence-corrected chi connectivity index (χ2v) is 10.4. The number of nitrogens with one attached hydrogen (secondary N) is 1. The Hall–Kier alpha value is -3.67. The van der Waals surface area contributed by atoms with Crippen molar-refractivity contribution < 1.29 is 14.7 Å². The van der Waals surface area contributed by atoms with E-state index in [9.17, 15) is 4.79 Å². The van der Waals surface area contributed by atoms with Crippen molar-refractivity contribution >= 4 is 39.2 Å². The molecule has 2 N–H and O–H groups in total. The number of carbonyl (C=O) groups excluding carboxylic acids is 1. The van der Waals surface area contributed by atoms with Gasteiger partial charge in [0.2, 0.25) is 5.95 Å². The number of aryl methyl sites for hydroxylation is 1. The minimum Gasteiger partial charge on any atom is -0.378 e. The Balaban J connectivity index is 1.36. The number of rotatable bonds is 6. The first-order valence-electron chi connectivity index (χ1n) is 12.3. The van der Waals surface area contributed by atoms with Crippen LogP contribution in [0.25, 0.3) is 21.6 Å². The zero-order chi connectivity index (χ0) is 25.4. The van der Waals surface area contributed by atoms with E-state index in [1.54, 1.807) is 16.8 Å². The SMILES string of the molecule is CN(Cc1cc2nc(-c3cccc4c3CCC4)nc(N3CCOCC3)c2s1)c1ncc(C(=O)NO)cn1. The summed E-state index contributed by atoms with van der Waals surface area (Å²) in [6.07, 6.45) is 6.14. The molecule has 190 valence electrons. The summed E-state index contributed by atoms with van der Waals surface area (Å²) in [6.45, 7) is 3.54. The fourth-order valence-corrected chi connectivity index (χ4v) is 6.15. The van der Waals surface area contributed by atoms with Gasteiger partial charge < -0.3 is 14.5 Å². The number of nitrogens with zero attached hydrogens (tertiary/aromatic N) is 6. The van der Waals surface area contributed by atoms with Crippen molar-refractivity contribution in [3.63, 3.8) is 0 Å². The molecule has 0 radical (unpaired) electrons. The molecule has 0 saturated carbocycles. The molecule has 1 aliphatic carbocycles. The molecule has 0 spiro atoms. The summed E-state index contributed by atoms with van der Waals surface area (Å²) in [5.74, 6) is 1.58. The number of morpholine rings is 1. The van der Waals surface area contributed by atoms with E-state index in [0.29, 0.717) is 25.7 Å². The van der Waals surface area contributed by atoms with Crippen molar-refractivity contribution in [2.45, 2.75) is 25.8 Å². The minimum atomic E-state index is -0.646. The smallest absolute Gasteiger partial charge is 0.277 e. The third kappa shape index (κ3) is 4.61. The van der Waals surface area contributed by atoms with E-state index in [4.69, 9.17) is 19.9 Å². The fraction of sp³-hybridized carbons (Fsp3) is 0.346. The normalized spacial score (nSPS) is 15.1. The van der Waals surface area contributed by atoms with Crippen LogP contribution in [0.2, 0.25) is 0 Å². The molecule has 1 aromatic carbocycles. The van der Waals surface area contributed by atoms with Gasteiger partial charge >= 0.3 is 0 Å². The summed E-state index contributed by atoms with van der Waals surface area (Å²) in [5, 5.41) is 8.80. The summed E-state index contributed by atoms with van der Waals surface area (Å²) in [7, 11) is 1.90. The zero-order valence-corrected chi connectivity index (χ0v) is 21.3. The van der Waals surface area contributed by atoms with Gasteiger partial charge in [-0.2, -0.15) is 0 Å². The molecule has 11 heteroatoms. The molecule has 4 heterocycles. The van der Waals surface area contributed by atoms with Crippen molar-refractivity contribution in [2.24, 2.45) is 0 Å². The van der Waals surface area contributed by atoms with Crippen LogP contribution in [0.3, 0.4) is 0 Å². The van der Waals surface area contributed by atoms with Crippen molar-refractivity contribution in [1.82, 2.24) is 25.4 Å². The van der Waals surface area contributed by atoms with Gasteiger partial charge in [-0.05, 0) is 36.5 Å². The number of aromatic nitrogens is 4. The van der Waals surface area contributed by atoms with Crippen molar-refractivity contribution in [2.75, 3.05) is 43.2 Å². The molecule has 1 aliphatic heterocycles. The lowest BCUT2D eigenvalue weighted by Gasteiger charge is -2.28. The largest absolute Gasteiger partial charge is 0.378 e. The van der Waals surface area contributed by atoms with E-state index in [2.05, 4.69) is 39.1 Å². The number of fused-ring (bicyclic) bond motifs is 2. The molecule has 1 amide bonds. The minimum absolute atomic E-state index is 0.187. The third-order valence-corrected chi connectivity index (χ3v) is 7.94. The fourth-order valence-electron chi connectivity index (χ4n) is 4.99. The molecule has 3 aromatic heterocycles. The molecule has 1 fully saturated rings. The van der Waals surface area contributed by atoms with Gasteiger partial charge in [0.1, 0.15) is 0 Å². The second kappa shape index (κ2) is 10.0. The Kier molecular flexibility index (Phi) is 6.41. The Labute approximate surface area is 217 Å². The van der Waals surface area contributed by atoms with Crippen LogP contribution < -0.4 is 15.3 Å². The Morgan fingerprint density at radius 1 is 1.19 bits per heavy atom. The lowest BCUT2D eigenvalue weighted by molar-refractivity contribution is 0.0705. The molecule has 2 aliphatic rings. The molecule has 0 bridgehead atoms. The van der Waals surface area contributed by atoms with E-state index < -0.39 is 5.91 Å². The average Bonchev–Trinajstić information content (AvgIpc) is 3.59. The van der Waals surface area contributed by atoms with Gasteiger partial charge in [-0.25, -0.2) is 25.4 Å². The predicted molar refractivity (Wildman–Crippen MR) is 141 cm³/mol. The number of hydrogen-bond acceptors (Lipinski definition) is 10. The van der Waals surface area contributed by atoms with Gasteiger partial charge in [0.05, 0.1) is 35.5 Å². The van der Waals surface area contributed by atoms with E-state index >= 15 is 0 Å². The van der Waals surface area contributed by atoms with E-state index in [1.165, 1.54) is 29.9 Å². The quantitative estimate of drug-likeness (QED) is 0.294. The molecular weight excluding hydrogens is 490 g/mol. The lowest BCUT2D eigenvalue weighted by atomic mass is 10.0. The Morgan fingerprint density at radius 3 is 2.78 bits per heavy atom. The first-order valence-corrected chi connectivity index (χ1v) is 13.1. The summed E-state index contributed by atoms with van der Waals surface area (Å²) in [4.78, 5) is 35.6. The number of amides is 1. The molecular formula is C26H27N7O3S. The highest BCUT2D eigenvalue weighted by atomic mass is 32.1. The van der Waals surface area contributed by atoms with Gasteiger partial charge in [0.15, 0.2) is 11.6 Å². The van der Waals surface area contributed by atoms with Crippen LogP contribution in [0.1, 0.15) is 32.8 Å². The lowest BCUT2D eigenvalue weighted by Crippen LogP contribution is -2.36. The van der Waals surface area contributed by atoms with Crippen LogP contribution >= 0.6 is 11.3 Å². The van der Waals surface area contributed by atoms with E-state index in [0.717, 1.165) is 58.2 Å². The highest BCUT2D eigenvalue weighted by Crippen LogP contribution is 2.37. The first-order chi connectivity index (χ1) is 18.1. The standard InChI is InChI=1S/C26H27N7O3S/c1-32(26-27-13-17(14-28-26)25(34)31-35)15-18-12-21-22(37-18)24(33-8-10-36-11-9-33)30-23(29-21)20-7-3-5-16-4-2-6-19(16)20/h3,5,7,12-14,35H,2,4,6,8-11,15H2,1H3,(H,31,34). The Morgan fingerprint density at radius 2 is 2.00 bits per heavy atom. The van der Waals surface area contributed by atoms with Crippen LogP contribution in [0.15, 0.2) is 36.7 Å². The van der Waals surface area contributed by atoms with E-state index in [-0.39, 0.29) is 5.56 Å². The number of carbonyl (C=O) groups is 1. The number of thiophene rings is 1. The maximum absolute atomic E-state index is 11.6. The monoisotopic (exact) mass is 517 g/mol. The maximum Gasteiger partial charge on any atom is 0.277 e. The van der Waals surface area contributed by atoms with Crippen LogP contribution in [-0.4, -0.2) is 64.4 Å². The first kappa shape index (κ1) is 23.7. The molecule has 6 rings (SSSR count). The molecule has 10 nitrogen and oxygen atoms in total. The number of hydroxylamine groups is 1. The van der Waals surface area contributed by atoms with Gasteiger partial charge in [0, 0.05) is 43.0 Å². The van der Waals surface area contributed by atoms with E-state index in [1.807, 2.05) is 11.9 Å². The second-order valence-electron chi connectivity index (χ2n) is 9.26. The zero-order valence-electron chi connectivity index (χ0n) is 20.5. The van der Waals surface area contributed by atoms with Gasteiger partial charge in [-0.1, -0.05) is 18.2 Å². The number of ether oxygens (including phenoxy) is 1. The van der Waals surface area contributed by atoms with Crippen LogP contribution in [0.5, 0.6) is 0 Å². The highest BCUT2D eigenvalue weighted by Gasteiger charge is 2.23. The van der Waals surface area contributed by atoms with Crippen LogP contribution in [0, 0.1) is 0 Å². The summed E-state index contributed by atoms with van der Waals surface area (Å²) in [5.41, 5.74) is 6.63. The van der Waals surface area contributed by atoms with Crippen molar-refractivity contribution in [3.8, 4) is 11.4 Å². The predicted octanol–water partition coefficient (Wildman–Crippen LogP) is 3.23. The van der Waals surface area contributed by atoms with Crippen LogP contribution in [0.4, 0.5) is 11.8 Å². The number of benzene rings is 1. The van der Waals surface area contributed by atoms with Crippen molar-refractivity contribution in [1.29, 1.82) is 0 Å². The molecule has 1 saturated heterocycles. The highest BCUT2D eigenvalue weighted by molar-refractivity contribution is 7.19. The maximum atomic E-state index is 11.6. The van der Waals surface area contributed by atoms with Gasteiger partial charge in [-0.3, -0.25) is 10.0 Å². The summed E-state index contributed by atoms with van der Waals surface area (Å²) < 4.78 is 6.67. The topological polar surface area (TPSA) is 117 Å². The van der Waals surface area contributed by atoms with Gasteiger partial charge in [-0.15, -0.1) is 11.3 Å². The third-order valence-electron chi connectivity index (χ3n) is 6.84.